The molecule has 0 spiro atoms. The van der Waals surface area contributed by atoms with Crippen LogP contribution in [0.5, 0.6) is 0 Å². The van der Waals surface area contributed by atoms with Crippen molar-refractivity contribution in [3.05, 3.63) is 12.2 Å². The zero-order valence-corrected chi connectivity index (χ0v) is 10.2. The van der Waals surface area contributed by atoms with E-state index in [0.717, 1.165) is 38.2 Å². The van der Waals surface area contributed by atoms with Crippen LogP contribution in [0.1, 0.15) is 25.1 Å². The van der Waals surface area contributed by atoms with Gasteiger partial charge in [-0.05, 0) is 19.3 Å². The van der Waals surface area contributed by atoms with Gasteiger partial charge in [-0.1, -0.05) is 0 Å². The third-order valence-electron chi connectivity index (χ3n) is 3.07. The average molecular weight is 237 g/mol. The Morgan fingerprint density at radius 3 is 2.82 bits per heavy atom. The molecule has 2 heterocycles. The van der Waals surface area contributed by atoms with Crippen LogP contribution in [0.25, 0.3) is 0 Å². The summed E-state index contributed by atoms with van der Waals surface area (Å²) in [7, 11) is 1.90. The molecular weight excluding hydrogens is 218 g/mol. The highest BCUT2D eigenvalue weighted by atomic mass is 16.2. The summed E-state index contributed by atoms with van der Waals surface area (Å²) >= 11 is 0. The second-order valence-corrected chi connectivity index (χ2v) is 4.39. The number of carbonyl (C=O) groups is 1. The number of nitrogens with zero attached hydrogens (tertiary/aromatic N) is 4. The molecule has 0 atom stereocenters. The number of hydrogen-bond acceptors (Lipinski definition) is 3. The molecule has 17 heavy (non-hydrogen) atoms. The number of urea groups is 1. The second kappa shape index (κ2) is 5.65. The molecule has 6 heteroatoms. The van der Waals surface area contributed by atoms with E-state index in [1.807, 2.05) is 16.5 Å². The predicted molar refractivity (Wildman–Crippen MR) is 63.5 cm³/mol. The molecule has 94 valence electrons. The smallest absolute Gasteiger partial charge is 0.317 e. The molecule has 2 rings (SSSR count). The molecule has 1 aliphatic rings. The Bertz CT molecular complexity index is 370. The fourth-order valence-corrected chi connectivity index (χ4v) is 2.02. The number of hydrogen-bond donors (Lipinski definition) is 1. The predicted octanol–water partition coefficient (Wildman–Crippen LogP) is 0.553. The molecule has 1 N–H and O–H groups in total. The number of amides is 2. The first-order chi connectivity index (χ1) is 8.27. The van der Waals surface area contributed by atoms with Crippen LogP contribution in [0.3, 0.4) is 0 Å². The van der Waals surface area contributed by atoms with Crippen molar-refractivity contribution < 1.29 is 4.79 Å². The quantitative estimate of drug-likeness (QED) is 0.835. The Hall–Kier alpha value is -1.59. The molecule has 2 amide bonds. The van der Waals surface area contributed by atoms with Gasteiger partial charge in [-0.15, -0.1) is 10.2 Å². The maximum absolute atomic E-state index is 11.8. The van der Waals surface area contributed by atoms with E-state index in [0.29, 0.717) is 6.54 Å². The van der Waals surface area contributed by atoms with Crippen molar-refractivity contribution in [1.29, 1.82) is 0 Å². The Morgan fingerprint density at radius 2 is 2.18 bits per heavy atom. The topological polar surface area (TPSA) is 63.1 Å². The minimum Gasteiger partial charge on any atom is -0.338 e. The average Bonchev–Trinajstić information content (AvgIpc) is 2.76. The summed E-state index contributed by atoms with van der Waals surface area (Å²) in [5.41, 5.74) is 0. The molecule has 1 aromatic rings. The van der Waals surface area contributed by atoms with Crippen molar-refractivity contribution >= 4 is 6.03 Å². The lowest BCUT2D eigenvalue weighted by Gasteiger charge is -2.26. The molecule has 6 nitrogen and oxygen atoms in total. The van der Waals surface area contributed by atoms with E-state index in [1.165, 1.54) is 6.42 Å². The summed E-state index contributed by atoms with van der Waals surface area (Å²) in [5, 5.41) is 10.7. The van der Waals surface area contributed by atoms with Gasteiger partial charge in [0.15, 0.2) is 0 Å². The molecule has 1 aromatic heterocycles. The van der Waals surface area contributed by atoms with Crippen LogP contribution in [-0.4, -0.2) is 45.3 Å². The van der Waals surface area contributed by atoms with Crippen LogP contribution in [0, 0.1) is 0 Å². The summed E-state index contributed by atoms with van der Waals surface area (Å²) in [4.78, 5) is 13.7. The van der Waals surface area contributed by atoms with Crippen LogP contribution in [-0.2, 0) is 13.5 Å². The zero-order chi connectivity index (χ0) is 12.1. The standard InChI is InChI=1S/C11H19N5O/c1-15-9-13-14-10(15)5-6-12-11(17)16-7-3-2-4-8-16/h9H,2-8H2,1H3,(H,12,17). The lowest BCUT2D eigenvalue weighted by atomic mass is 10.1. The van der Waals surface area contributed by atoms with E-state index in [9.17, 15) is 4.79 Å². The zero-order valence-electron chi connectivity index (χ0n) is 10.2. The van der Waals surface area contributed by atoms with Crippen molar-refractivity contribution in [3.63, 3.8) is 0 Å². The van der Waals surface area contributed by atoms with Gasteiger partial charge in [-0.25, -0.2) is 4.79 Å². The number of likely N-dealkylation sites (tertiary alicyclic amines) is 1. The SMILES string of the molecule is Cn1cnnc1CCNC(=O)N1CCCCC1. The van der Waals surface area contributed by atoms with Crippen LogP contribution >= 0.6 is 0 Å². The van der Waals surface area contributed by atoms with Crippen molar-refractivity contribution in [3.8, 4) is 0 Å². The minimum atomic E-state index is 0.0480. The molecule has 0 aromatic carbocycles. The molecule has 0 radical (unpaired) electrons. The Balaban J connectivity index is 1.71. The summed E-state index contributed by atoms with van der Waals surface area (Å²) < 4.78 is 1.87. The van der Waals surface area contributed by atoms with Crippen LogP contribution in [0.4, 0.5) is 4.79 Å². The highest BCUT2D eigenvalue weighted by Crippen LogP contribution is 2.08. The maximum atomic E-state index is 11.8. The van der Waals surface area contributed by atoms with Gasteiger partial charge >= 0.3 is 6.03 Å². The second-order valence-electron chi connectivity index (χ2n) is 4.39. The Labute approximate surface area is 101 Å². The fourth-order valence-electron chi connectivity index (χ4n) is 2.02. The van der Waals surface area contributed by atoms with Gasteiger partial charge in [-0.2, -0.15) is 0 Å². The number of aryl methyl sites for hydroxylation is 1. The summed E-state index contributed by atoms with van der Waals surface area (Å²) in [6.45, 7) is 2.38. The summed E-state index contributed by atoms with van der Waals surface area (Å²) in [5.74, 6) is 0.893. The first kappa shape index (κ1) is 11.9. The molecule has 0 saturated carbocycles. The van der Waals surface area contributed by atoms with E-state index in [-0.39, 0.29) is 6.03 Å². The lowest BCUT2D eigenvalue weighted by Crippen LogP contribution is -2.43. The lowest BCUT2D eigenvalue weighted by molar-refractivity contribution is 0.186. The molecule has 0 bridgehead atoms. The Morgan fingerprint density at radius 1 is 1.41 bits per heavy atom. The largest absolute Gasteiger partial charge is 0.338 e. The first-order valence-electron chi connectivity index (χ1n) is 6.13. The van der Waals surface area contributed by atoms with E-state index in [4.69, 9.17) is 0 Å². The van der Waals surface area contributed by atoms with Gasteiger partial charge in [0, 0.05) is 33.1 Å². The maximum Gasteiger partial charge on any atom is 0.317 e. The van der Waals surface area contributed by atoms with E-state index in [1.54, 1.807) is 6.33 Å². The highest BCUT2D eigenvalue weighted by Gasteiger charge is 2.15. The van der Waals surface area contributed by atoms with Gasteiger partial charge in [0.25, 0.3) is 0 Å². The third-order valence-corrected chi connectivity index (χ3v) is 3.07. The molecule has 1 fully saturated rings. The van der Waals surface area contributed by atoms with Gasteiger partial charge < -0.3 is 14.8 Å². The van der Waals surface area contributed by atoms with Crippen LogP contribution in [0.2, 0.25) is 0 Å². The van der Waals surface area contributed by atoms with Crippen LogP contribution in [0.15, 0.2) is 6.33 Å². The molecule has 1 saturated heterocycles. The fraction of sp³-hybridized carbons (Fsp3) is 0.727. The number of carbonyl (C=O) groups excluding carboxylic acids is 1. The number of piperidine rings is 1. The van der Waals surface area contributed by atoms with E-state index >= 15 is 0 Å². The van der Waals surface area contributed by atoms with Gasteiger partial charge in [0.1, 0.15) is 12.2 Å². The number of rotatable bonds is 3. The van der Waals surface area contributed by atoms with Crippen molar-refractivity contribution in [2.24, 2.45) is 7.05 Å². The van der Waals surface area contributed by atoms with Crippen molar-refractivity contribution in [2.75, 3.05) is 19.6 Å². The first-order valence-corrected chi connectivity index (χ1v) is 6.13. The van der Waals surface area contributed by atoms with Gasteiger partial charge in [0.05, 0.1) is 0 Å². The van der Waals surface area contributed by atoms with Gasteiger partial charge in [0.2, 0.25) is 0 Å². The molecule has 0 aliphatic carbocycles. The normalized spacial score (nSPS) is 15.9. The van der Waals surface area contributed by atoms with Crippen molar-refractivity contribution in [1.82, 2.24) is 25.0 Å². The van der Waals surface area contributed by atoms with Gasteiger partial charge in [-0.3, -0.25) is 0 Å². The molecule has 1 aliphatic heterocycles. The van der Waals surface area contributed by atoms with Crippen molar-refractivity contribution in [2.45, 2.75) is 25.7 Å². The van der Waals surface area contributed by atoms with E-state index in [2.05, 4.69) is 15.5 Å². The van der Waals surface area contributed by atoms with E-state index < -0.39 is 0 Å². The highest BCUT2D eigenvalue weighted by molar-refractivity contribution is 5.74. The Kier molecular flexibility index (Phi) is 3.95. The number of aromatic nitrogens is 3. The summed E-state index contributed by atoms with van der Waals surface area (Å²) in [6, 6.07) is 0.0480. The third kappa shape index (κ3) is 3.18. The monoisotopic (exact) mass is 237 g/mol. The molecule has 0 unspecified atom stereocenters. The summed E-state index contributed by atoms with van der Waals surface area (Å²) in [6.07, 6.45) is 5.87. The van der Waals surface area contributed by atoms with Crippen LogP contribution < -0.4 is 5.32 Å². The minimum absolute atomic E-state index is 0.0480. The molecular formula is C11H19N5O. The number of nitrogens with one attached hydrogen (secondary N) is 1.